The maximum atomic E-state index is 13.2. The van der Waals surface area contributed by atoms with Gasteiger partial charge < -0.3 is 11.1 Å². The van der Waals surface area contributed by atoms with E-state index < -0.39 is 72.8 Å². The molecule has 6 nitrogen and oxygen atoms in total. The third-order valence-corrected chi connectivity index (χ3v) is 6.74. The Balaban J connectivity index is 2.26. The van der Waals surface area contributed by atoms with Gasteiger partial charge in [0.1, 0.15) is 22.5 Å². The Morgan fingerprint density at radius 2 is 1.74 bits per heavy atom. The van der Waals surface area contributed by atoms with Crippen LogP contribution in [-0.4, -0.2) is 28.4 Å². The number of primary amides is 1. The molecule has 188 valence electrons. The lowest BCUT2D eigenvalue weighted by Gasteiger charge is -2.40. The average molecular weight is 558 g/mol. The minimum Gasteiger partial charge on any atom is -0.369 e. The van der Waals surface area contributed by atoms with Gasteiger partial charge in [-0.15, -0.1) is 0 Å². The first-order chi connectivity index (χ1) is 15.2. The van der Waals surface area contributed by atoms with E-state index in [4.69, 9.17) is 28.9 Å². The summed E-state index contributed by atoms with van der Waals surface area (Å²) in [6, 6.07) is 1.41. The van der Waals surface area contributed by atoms with Gasteiger partial charge in [0.15, 0.2) is 5.69 Å². The van der Waals surface area contributed by atoms with E-state index in [2.05, 4.69) is 10.4 Å². The number of rotatable bonds is 7. The highest BCUT2D eigenvalue weighted by Crippen LogP contribution is 3.02. The topological polar surface area (TPSA) is 96.7 Å². The lowest BCUT2D eigenvalue weighted by atomic mass is 9.94. The number of halogens is 10. The third-order valence-electron chi connectivity index (χ3n) is 5.04. The molecule has 3 N–H and O–H groups in total. The highest BCUT2D eigenvalue weighted by Gasteiger charge is 2.65. The van der Waals surface area contributed by atoms with Crippen molar-refractivity contribution in [2.24, 2.45) is 5.73 Å². The van der Waals surface area contributed by atoms with E-state index in [9.17, 15) is 42.7 Å². The molecule has 1 amide bonds. The summed E-state index contributed by atoms with van der Waals surface area (Å²) in [7, 11) is -10.2. The molecule has 3 rings (SSSR count). The van der Waals surface area contributed by atoms with Crippen molar-refractivity contribution in [2.75, 3.05) is 11.9 Å². The van der Waals surface area contributed by atoms with Crippen LogP contribution in [0.1, 0.15) is 30.5 Å². The van der Waals surface area contributed by atoms with Crippen LogP contribution in [0.25, 0.3) is 5.69 Å². The number of carbonyl (C=O) groups excluding carboxylic acids is 1. The Morgan fingerprint density at radius 1 is 1.21 bits per heavy atom. The highest BCUT2D eigenvalue weighted by molar-refractivity contribution is 8.45. The zero-order chi connectivity index (χ0) is 26.0. The average Bonchev–Trinajstić information content (AvgIpc) is 3.36. The molecule has 17 heteroatoms. The van der Waals surface area contributed by atoms with Crippen molar-refractivity contribution in [3.05, 3.63) is 33.4 Å². The van der Waals surface area contributed by atoms with Crippen LogP contribution >= 0.6 is 33.4 Å². The molecule has 0 aliphatic heterocycles. The molecule has 0 unspecified atom stereocenters. The van der Waals surface area contributed by atoms with Gasteiger partial charge in [0.2, 0.25) is 5.91 Å². The van der Waals surface area contributed by atoms with E-state index in [0.717, 1.165) is 0 Å². The lowest BCUT2D eigenvalue weighted by Crippen LogP contribution is -2.30. The summed E-state index contributed by atoms with van der Waals surface area (Å²) >= 11 is 11.7. The van der Waals surface area contributed by atoms with E-state index in [1.54, 1.807) is 6.07 Å². The monoisotopic (exact) mass is 557 g/mol. The molecular formula is C17H13Cl2F8N5OS. The van der Waals surface area contributed by atoms with Crippen LogP contribution in [0.2, 0.25) is 10.0 Å². The van der Waals surface area contributed by atoms with Crippen LogP contribution in [0.4, 0.5) is 38.4 Å². The molecule has 1 fully saturated rings. The van der Waals surface area contributed by atoms with Crippen LogP contribution in [0.15, 0.2) is 17.0 Å². The van der Waals surface area contributed by atoms with E-state index in [1.165, 1.54) is 0 Å². The minimum atomic E-state index is -10.2. The number of amides is 1. The largest absolute Gasteiger partial charge is 0.390 e. The van der Waals surface area contributed by atoms with Gasteiger partial charge in [-0.1, -0.05) is 42.6 Å². The number of alkyl halides is 3. The standard InChI is InChI=1S/C17H13Cl2F8N5OS/c18-9-5-8(34(23,24,25,26)27)6-10(19)13(9)32-14(30-4-3-17(20,21)22)12(11(7-28)31-32)16(1-2-16)15(29)33/h5-6,30H,1-4H2,(H2,29,33). The summed E-state index contributed by atoms with van der Waals surface area (Å²) in [6.07, 6.45) is -5.77. The lowest BCUT2D eigenvalue weighted by molar-refractivity contribution is -0.131. The molecule has 1 heterocycles. The zero-order valence-electron chi connectivity index (χ0n) is 16.5. The molecule has 1 aromatic carbocycles. The Morgan fingerprint density at radius 3 is 2.12 bits per heavy atom. The molecule has 0 radical (unpaired) electrons. The van der Waals surface area contributed by atoms with Gasteiger partial charge in [0.05, 0.1) is 21.9 Å². The van der Waals surface area contributed by atoms with Gasteiger partial charge in [-0.2, -0.15) is 23.5 Å². The van der Waals surface area contributed by atoms with Crippen LogP contribution in [-0.2, 0) is 10.2 Å². The van der Waals surface area contributed by atoms with Gasteiger partial charge in [-0.3, -0.25) is 4.79 Å². The number of carbonyl (C=O) groups is 1. The summed E-state index contributed by atoms with van der Waals surface area (Å²) in [5, 5.41) is 13.7. The number of nitrogens with one attached hydrogen (secondary N) is 1. The number of nitrogens with two attached hydrogens (primary N) is 1. The van der Waals surface area contributed by atoms with Crippen molar-refractivity contribution in [1.29, 1.82) is 5.26 Å². The number of anilines is 1. The van der Waals surface area contributed by atoms with Crippen molar-refractivity contribution in [3.63, 3.8) is 0 Å². The summed E-state index contributed by atoms with van der Waals surface area (Å²) < 4.78 is 105. The van der Waals surface area contributed by atoms with Crippen molar-refractivity contribution < 1.29 is 37.4 Å². The molecule has 0 spiro atoms. The van der Waals surface area contributed by atoms with Crippen LogP contribution in [0, 0.1) is 11.3 Å². The number of benzene rings is 1. The summed E-state index contributed by atoms with van der Waals surface area (Å²) in [6.45, 7) is -0.805. The Labute approximate surface area is 196 Å². The molecule has 0 atom stereocenters. The SMILES string of the molecule is N#Cc1nn(-c2c(Cl)cc(S(F)(F)(F)(F)F)cc2Cl)c(NCCC(F)(F)F)c1C1(C(N)=O)CC1. The number of nitriles is 1. The fourth-order valence-corrected chi connectivity index (χ4v) is 4.77. The van der Waals surface area contributed by atoms with Crippen LogP contribution in [0.3, 0.4) is 0 Å². The first-order valence-corrected chi connectivity index (χ1v) is 11.8. The Kier molecular flexibility index (Phi) is 5.60. The number of nitrogens with zero attached hydrogens (tertiary/aromatic N) is 3. The fourth-order valence-electron chi connectivity index (χ4n) is 3.31. The van der Waals surface area contributed by atoms with E-state index in [-0.39, 0.29) is 30.5 Å². The van der Waals surface area contributed by atoms with Gasteiger partial charge >= 0.3 is 16.4 Å². The molecule has 0 bridgehead atoms. The second kappa shape index (κ2) is 7.28. The van der Waals surface area contributed by atoms with Gasteiger partial charge in [-0.25, -0.2) is 4.68 Å². The van der Waals surface area contributed by atoms with E-state index in [0.29, 0.717) is 4.68 Å². The first-order valence-electron chi connectivity index (χ1n) is 9.08. The predicted octanol–water partition coefficient (Wildman–Crippen LogP) is 6.59. The van der Waals surface area contributed by atoms with Gasteiger partial charge in [0.25, 0.3) is 0 Å². The van der Waals surface area contributed by atoms with Gasteiger partial charge in [-0.05, 0) is 25.0 Å². The Hall–Kier alpha value is -2.44. The van der Waals surface area contributed by atoms with Crippen molar-refractivity contribution in [3.8, 4) is 11.8 Å². The molecular weight excluding hydrogens is 545 g/mol. The normalized spacial score (nSPS) is 17.4. The quantitative estimate of drug-likeness (QED) is 0.375. The second-order valence-corrected chi connectivity index (χ2v) is 10.8. The maximum Gasteiger partial charge on any atom is 0.390 e. The molecule has 34 heavy (non-hydrogen) atoms. The molecule has 1 aliphatic carbocycles. The van der Waals surface area contributed by atoms with Crippen molar-refractivity contribution in [2.45, 2.75) is 35.7 Å². The number of aromatic nitrogens is 2. The number of hydrogen-bond acceptors (Lipinski definition) is 4. The van der Waals surface area contributed by atoms with Crippen molar-refractivity contribution >= 4 is 45.2 Å². The summed E-state index contributed by atoms with van der Waals surface area (Å²) in [4.78, 5) is 9.65. The highest BCUT2D eigenvalue weighted by atomic mass is 35.5. The van der Waals surface area contributed by atoms with Crippen LogP contribution in [0.5, 0.6) is 0 Å². The van der Waals surface area contributed by atoms with E-state index in [1.807, 2.05) is 0 Å². The molecule has 1 aromatic heterocycles. The second-order valence-electron chi connectivity index (χ2n) is 7.54. The maximum absolute atomic E-state index is 13.2. The van der Waals surface area contributed by atoms with Crippen molar-refractivity contribution in [1.82, 2.24) is 9.78 Å². The molecule has 1 aliphatic rings. The van der Waals surface area contributed by atoms with Gasteiger partial charge in [0, 0.05) is 12.1 Å². The summed E-state index contributed by atoms with van der Waals surface area (Å²) in [5.74, 6) is -1.34. The molecule has 0 saturated heterocycles. The molecule has 1 saturated carbocycles. The Bertz CT molecular complexity index is 1210. The minimum absolute atomic E-state index is 0.112. The fraction of sp³-hybridized carbons (Fsp3) is 0.353. The van der Waals surface area contributed by atoms with E-state index >= 15 is 0 Å². The smallest absolute Gasteiger partial charge is 0.369 e. The summed E-state index contributed by atoms with van der Waals surface area (Å²) in [5.41, 5.74) is 2.61. The first kappa shape index (κ1) is 26.2. The predicted molar refractivity (Wildman–Crippen MR) is 109 cm³/mol. The third kappa shape index (κ3) is 4.98. The zero-order valence-corrected chi connectivity index (χ0v) is 18.8. The molecule has 2 aromatic rings. The van der Waals surface area contributed by atoms with Crippen LogP contribution < -0.4 is 11.1 Å². The number of hydrogen-bond donors (Lipinski definition) is 2.